The smallest absolute Gasteiger partial charge is 0.126 e. The first-order valence-corrected chi connectivity index (χ1v) is 8.57. The van der Waals surface area contributed by atoms with Crippen molar-refractivity contribution >= 4 is 23.2 Å². The first-order chi connectivity index (χ1) is 11.4. The van der Waals surface area contributed by atoms with E-state index in [4.69, 9.17) is 22.1 Å². The maximum atomic E-state index is 6.22. The van der Waals surface area contributed by atoms with Gasteiger partial charge in [0.15, 0.2) is 0 Å². The molecular weight excluding hydrogens is 324 g/mol. The van der Waals surface area contributed by atoms with Crippen LogP contribution in [0.3, 0.4) is 0 Å². The summed E-state index contributed by atoms with van der Waals surface area (Å²) in [6.45, 7) is 6.00. The van der Waals surface area contributed by atoms with Crippen molar-refractivity contribution in [2.75, 3.05) is 24.2 Å². The van der Waals surface area contributed by atoms with E-state index in [0.717, 1.165) is 43.1 Å². The first-order valence-electron chi connectivity index (χ1n) is 8.19. The average molecular weight is 347 g/mol. The SMILES string of the molecule is CC1(C)C[C@H](CNc2cccc(-c3cc(N)ncc3Cl)n2)CCO1. The van der Waals surface area contributed by atoms with Crippen molar-refractivity contribution in [3.63, 3.8) is 0 Å². The highest BCUT2D eigenvalue weighted by Gasteiger charge is 2.28. The molecule has 24 heavy (non-hydrogen) atoms. The highest BCUT2D eigenvalue weighted by molar-refractivity contribution is 6.33. The fourth-order valence-corrected chi connectivity index (χ4v) is 3.32. The zero-order valence-corrected chi connectivity index (χ0v) is 14.8. The molecule has 3 heterocycles. The predicted molar refractivity (Wildman–Crippen MR) is 98.1 cm³/mol. The zero-order chi connectivity index (χ0) is 17.2. The number of nitrogen functional groups attached to an aromatic ring is 1. The summed E-state index contributed by atoms with van der Waals surface area (Å²) in [5.41, 5.74) is 7.30. The second-order valence-corrected chi connectivity index (χ2v) is 7.25. The Morgan fingerprint density at radius 3 is 3.04 bits per heavy atom. The van der Waals surface area contributed by atoms with E-state index in [9.17, 15) is 0 Å². The molecule has 128 valence electrons. The van der Waals surface area contributed by atoms with Crippen molar-refractivity contribution in [2.24, 2.45) is 5.92 Å². The van der Waals surface area contributed by atoms with Gasteiger partial charge in [-0.15, -0.1) is 0 Å². The summed E-state index contributed by atoms with van der Waals surface area (Å²) in [6.07, 6.45) is 3.67. The third kappa shape index (κ3) is 4.16. The van der Waals surface area contributed by atoms with Gasteiger partial charge >= 0.3 is 0 Å². The van der Waals surface area contributed by atoms with Crippen LogP contribution < -0.4 is 11.1 Å². The summed E-state index contributed by atoms with van der Waals surface area (Å²) < 4.78 is 5.77. The predicted octanol–water partition coefficient (Wildman–Crippen LogP) is 4.00. The van der Waals surface area contributed by atoms with E-state index in [1.165, 1.54) is 0 Å². The van der Waals surface area contributed by atoms with Gasteiger partial charge in [0.05, 0.1) is 16.3 Å². The number of nitrogens with zero attached hydrogens (tertiary/aromatic N) is 2. The molecule has 0 unspecified atom stereocenters. The van der Waals surface area contributed by atoms with Gasteiger partial charge in [0.1, 0.15) is 11.6 Å². The lowest BCUT2D eigenvalue weighted by atomic mass is 9.88. The number of anilines is 2. The minimum Gasteiger partial charge on any atom is -0.384 e. The first kappa shape index (κ1) is 17.0. The minimum absolute atomic E-state index is 0.0397. The molecule has 0 saturated carbocycles. The van der Waals surface area contributed by atoms with Gasteiger partial charge < -0.3 is 15.8 Å². The highest BCUT2D eigenvalue weighted by Crippen LogP contribution is 2.30. The molecule has 1 saturated heterocycles. The fraction of sp³-hybridized carbons (Fsp3) is 0.444. The van der Waals surface area contributed by atoms with Gasteiger partial charge in [-0.1, -0.05) is 17.7 Å². The van der Waals surface area contributed by atoms with E-state index in [1.54, 1.807) is 12.3 Å². The summed E-state index contributed by atoms with van der Waals surface area (Å²) in [6, 6.07) is 7.59. The molecule has 0 bridgehead atoms. The molecule has 1 aliphatic rings. The molecule has 6 heteroatoms. The Balaban J connectivity index is 1.71. The molecule has 0 amide bonds. The Bertz CT molecular complexity index is 720. The summed E-state index contributed by atoms with van der Waals surface area (Å²) in [4.78, 5) is 8.64. The van der Waals surface area contributed by atoms with Crippen LogP contribution in [0.2, 0.25) is 5.02 Å². The van der Waals surface area contributed by atoms with Crippen LogP contribution in [-0.2, 0) is 4.74 Å². The second-order valence-electron chi connectivity index (χ2n) is 6.84. The molecule has 1 atom stereocenters. The molecule has 0 aliphatic carbocycles. The van der Waals surface area contributed by atoms with Crippen LogP contribution in [0, 0.1) is 5.92 Å². The Morgan fingerprint density at radius 1 is 1.42 bits per heavy atom. The summed E-state index contributed by atoms with van der Waals surface area (Å²) in [5, 5.41) is 3.98. The molecule has 1 fully saturated rings. The lowest BCUT2D eigenvalue weighted by molar-refractivity contribution is -0.0699. The molecule has 3 rings (SSSR count). The van der Waals surface area contributed by atoms with E-state index in [0.29, 0.717) is 16.8 Å². The van der Waals surface area contributed by atoms with Crippen molar-refractivity contribution in [3.05, 3.63) is 35.5 Å². The maximum absolute atomic E-state index is 6.22. The number of halogens is 1. The van der Waals surface area contributed by atoms with Crippen molar-refractivity contribution < 1.29 is 4.74 Å². The van der Waals surface area contributed by atoms with Crippen LogP contribution in [0.25, 0.3) is 11.3 Å². The van der Waals surface area contributed by atoms with Gasteiger partial charge in [-0.25, -0.2) is 9.97 Å². The van der Waals surface area contributed by atoms with E-state index in [1.807, 2.05) is 18.2 Å². The van der Waals surface area contributed by atoms with Gasteiger partial charge in [-0.05, 0) is 50.8 Å². The maximum Gasteiger partial charge on any atom is 0.126 e. The summed E-state index contributed by atoms with van der Waals surface area (Å²) >= 11 is 6.22. The van der Waals surface area contributed by atoms with E-state index >= 15 is 0 Å². The number of nitrogens with two attached hydrogens (primary N) is 1. The largest absolute Gasteiger partial charge is 0.384 e. The number of nitrogens with one attached hydrogen (secondary N) is 1. The number of hydrogen-bond donors (Lipinski definition) is 2. The third-order valence-electron chi connectivity index (χ3n) is 4.27. The van der Waals surface area contributed by atoms with E-state index < -0.39 is 0 Å². The lowest BCUT2D eigenvalue weighted by Gasteiger charge is -2.35. The molecule has 1 aliphatic heterocycles. The van der Waals surface area contributed by atoms with E-state index in [-0.39, 0.29) is 5.60 Å². The van der Waals surface area contributed by atoms with Crippen molar-refractivity contribution in [3.8, 4) is 11.3 Å². The molecule has 5 nitrogen and oxygen atoms in total. The van der Waals surface area contributed by atoms with Gasteiger partial charge in [0, 0.05) is 24.9 Å². The third-order valence-corrected chi connectivity index (χ3v) is 4.57. The summed E-state index contributed by atoms with van der Waals surface area (Å²) in [5.74, 6) is 1.85. The van der Waals surface area contributed by atoms with Gasteiger partial charge in [-0.2, -0.15) is 0 Å². The number of ether oxygens (including phenoxy) is 1. The Hall–Kier alpha value is -1.85. The standard InChI is InChI=1S/C18H23ClN4O/c1-18(2)9-12(6-7-24-18)10-22-17-5-3-4-15(23-17)13-8-16(20)21-11-14(13)19/h3-5,8,11-12H,6-7,9-10H2,1-2H3,(H2,20,21)(H,22,23)/t12-/m1/s1. The van der Waals surface area contributed by atoms with Crippen LogP contribution in [-0.4, -0.2) is 28.7 Å². The van der Waals surface area contributed by atoms with Crippen molar-refractivity contribution in [2.45, 2.75) is 32.3 Å². The van der Waals surface area contributed by atoms with E-state index in [2.05, 4.69) is 29.1 Å². The quantitative estimate of drug-likeness (QED) is 0.875. The van der Waals surface area contributed by atoms with Crippen LogP contribution in [0.15, 0.2) is 30.5 Å². The van der Waals surface area contributed by atoms with Gasteiger partial charge in [0.2, 0.25) is 0 Å². The topological polar surface area (TPSA) is 73.1 Å². The summed E-state index contributed by atoms with van der Waals surface area (Å²) in [7, 11) is 0. The average Bonchev–Trinajstić information content (AvgIpc) is 2.55. The molecular formula is C18H23ClN4O. The van der Waals surface area contributed by atoms with Crippen molar-refractivity contribution in [1.82, 2.24) is 9.97 Å². The number of hydrogen-bond acceptors (Lipinski definition) is 5. The molecule has 3 N–H and O–H groups in total. The highest BCUT2D eigenvalue weighted by atomic mass is 35.5. The molecule has 0 aromatic carbocycles. The number of aromatic nitrogens is 2. The number of rotatable bonds is 4. The Kier molecular flexibility index (Phi) is 4.92. The second kappa shape index (κ2) is 6.95. The van der Waals surface area contributed by atoms with Crippen LogP contribution in [0.1, 0.15) is 26.7 Å². The molecule has 0 spiro atoms. The lowest BCUT2D eigenvalue weighted by Crippen LogP contribution is -2.36. The van der Waals surface area contributed by atoms with Crippen LogP contribution >= 0.6 is 11.6 Å². The monoisotopic (exact) mass is 346 g/mol. The molecule has 2 aromatic rings. The molecule has 0 radical (unpaired) electrons. The normalized spacial score (nSPS) is 19.9. The van der Waals surface area contributed by atoms with Gasteiger partial charge in [0.25, 0.3) is 0 Å². The zero-order valence-electron chi connectivity index (χ0n) is 14.1. The Morgan fingerprint density at radius 2 is 2.25 bits per heavy atom. The number of pyridine rings is 2. The van der Waals surface area contributed by atoms with Crippen LogP contribution in [0.4, 0.5) is 11.6 Å². The Labute approximate surface area is 147 Å². The van der Waals surface area contributed by atoms with Crippen LogP contribution in [0.5, 0.6) is 0 Å². The minimum atomic E-state index is -0.0397. The van der Waals surface area contributed by atoms with Gasteiger partial charge in [-0.3, -0.25) is 0 Å². The fourth-order valence-electron chi connectivity index (χ4n) is 3.12. The molecule has 2 aromatic heterocycles. The van der Waals surface area contributed by atoms with Crippen molar-refractivity contribution in [1.29, 1.82) is 0 Å².